The van der Waals surface area contributed by atoms with Crippen molar-refractivity contribution in [2.75, 3.05) is 7.05 Å². The van der Waals surface area contributed by atoms with Gasteiger partial charge >= 0.3 is 0 Å². The number of nitrogens with zero attached hydrogens (tertiary/aromatic N) is 1. The summed E-state index contributed by atoms with van der Waals surface area (Å²) in [5.41, 5.74) is 2.25. The van der Waals surface area contributed by atoms with E-state index in [1.54, 1.807) is 0 Å². The molecule has 1 aromatic carbocycles. The molecule has 0 aliphatic carbocycles. The van der Waals surface area contributed by atoms with Crippen LogP contribution in [0.2, 0.25) is 0 Å². The Labute approximate surface area is 96.0 Å². The maximum absolute atomic E-state index is 4.46. The van der Waals surface area contributed by atoms with Crippen LogP contribution in [0.4, 0.5) is 0 Å². The van der Waals surface area contributed by atoms with E-state index in [0.29, 0.717) is 6.04 Å². The maximum Gasteiger partial charge on any atom is 0.0702 e. The maximum atomic E-state index is 4.46. The summed E-state index contributed by atoms with van der Waals surface area (Å²) >= 11 is 0. The van der Waals surface area contributed by atoms with Crippen molar-refractivity contribution in [1.29, 1.82) is 0 Å². The molecule has 0 aliphatic heterocycles. The molecule has 1 unspecified atom stereocenters. The third-order valence-electron chi connectivity index (χ3n) is 2.76. The van der Waals surface area contributed by atoms with Crippen molar-refractivity contribution in [3.8, 4) is 0 Å². The van der Waals surface area contributed by atoms with Gasteiger partial charge in [-0.2, -0.15) is 0 Å². The van der Waals surface area contributed by atoms with Crippen LogP contribution in [0.1, 0.15) is 18.0 Å². The van der Waals surface area contributed by atoms with Crippen LogP contribution < -0.4 is 5.32 Å². The molecule has 1 aromatic heterocycles. The van der Waals surface area contributed by atoms with Crippen LogP contribution in [-0.2, 0) is 0 Å². The van der Waals surface area contributed by atoms with E-state index in [1.165, 1.54) is 10.9 Å². The van der Waals surface area contributed by atoms with Crippen LogP contribution in [-0.4, -0.2) is 12.0 Å². The molecule has 1 atom stereocenters. The summed E-state index contributed by atoms with van der Waals surface area (Å²) < 4.78 is 0. The van der Waals surface area contributed by atoms with Gasteiger partial charge in [-0.1, -0.05) is 24.3 Å². The molecule has 2 nitrogen and oxygen atoms in total. The van der Waals surface area contributed by atoms with Gasteiger partial charge in [-0.05, 0) is 31.2 Å². The first-order valence-electron chi connectivity index (χ1n) is 5.48. The molecule has 0 spiro atoms. The summed E-state index contributed by atoms with van der Waals surface area (Å²) in [6.45, 7) is 3.78. The van der Waals surface area contributed by atoms with E-state index < -0.39 is 0 Å². The second-order valence-electron chi connectivity index (χ2n) is 3.83. The number of hydrogen-bond acceptors (Lipinski definition) is 2. The van der Waals surface area contributed by atoms with Crippen LogP contribution in [0.15, 0.2) is 49.2 Å². The Bertz CT molecular complexity index is 491. The molecule has 1 N–H and O–H groups in total. The topological polar surface area (TPSA) is 24.9 Å². The quantitative estimate of drug-likeness (QED) is 0.788. The fourth-order valence-corrected chi connectivity index (χ4v) is 1.87. The molecule has 2 heteroatoms. The van der Waals surface area contributed by atoms with Gasteiger partial charge in [-0.3, -0.25) is 4.98 Å². The number of hydrogen-bond donors (Lipinski definition) is 1. The molecule has 0 radical (unpaired) electrons. The van der Waals surface area contributed by atoms with E-state index in [-0.39, 0.29) is 0 Å². The van der Waals surface area contributed by atoms with Crippen molar-refractivity contribution in [2.24, 2.45) is 0 Å². The number of fused-ring (bicyclic) bond motifs is 1. The SMILES string of the molecule is C=CCC(NC)c1cnc2ccccc2c1. The van der Waals surface area contributed by atoms with Crippen molar-refractivity contribution in [3.05, 3.63) is 54.7 Å². The van der Waals surface area contributed by atoms with Crippen molar-refractivity contribution in [3.63, 3.8) is 0 Å². The number of rotatable bonds is 4. The van der Waals surface area contributed by atoms with Crippen molar-refractivity contribution >= 4 is 10.9 Å². The molecule has 16 heavy (non-hydrogen) atoms. The molecular weight excluding hydrogens is 196 g/mol. The standard InChI is InChI=1S/C14H16N2/c1-3-6-13(15-2)12-9-11-7-4-5-8-14(11)16-10-12/h3-5,7-10,13,15H,1,6H2,2H3. The summed E-state index contributed by atoms with van der Waals surface area (Å²) in [6, 6.07) is 10.7. The normalized spacial score (nSPS) is 12.6. The minimum Gasteiger partial charge on any atom is -0.313 e. The van der Waals surface area contributed by atoms with Gasteiger partial charge in [0.25, 0.3) is 0 Å². The predicted octanol–water partition coefficient (Wildman–Crippen LogP) is 3.07. The summed E-state index contributed by atoms with van der Waals surface area (Å²) in [6.07, 6.45) is 4.78. The smallest absolute Gasteiger partial charge is 0.0702 e. The lowest BCUT2D eigenvalue weighted by molar-refractivity contribution is 0.602. The van der Waals surface area contributed by atoms with Crippen LogP contribution in [0.3, 0.4) is 0 Å². The highest BCUT2D eigenvalue weighted by Gasteiger charge is 2.07. The van der Waals surface area contributed by atoms with E-state index in [4.69, 9.17) is 0 Å². The Morgan fingerprint density at radius 3 is 3.00 bits per heavy atom. The van der Waals surface area contributed by atoms with Gasteiger partial charge in [0.15, 0.2) is 0 Å². The number of benzene rings is 1. The third kappa shape index (κ3) is 2.12. The first kappa shape index (κ1) is 10.8. The zero-order chi connectivity index (χ0) is 11.4. The first-order chi connectivity index (χ1) is 7.85. The number of nitrogens with one attached hydrogen (secondary N) is 1. The summed E-state index contributed by atoms with van der Waals surface area (Å²) in [5.74, 6) is 0. The Kier molecular flexibility index (Phi) is 3.32. The van der Waals surface area contributed by atoms with Gasteiger partial charge in [0.1, 0.15) is 0 Å². The second kappa shape index (κ2) is 4.90. The average molecular weight is 212 g/mol. The lowest BCUT2D eigenvalue weighted by Crippen LogP contribution is -2.15. The fourth-order valence-electron chi connectivity index (χ4n) is 1.87. The van der Waals surface area contributed by atoms with E-state index in [9.17, 15) is 0 Å². The van der Waals surface area contributed by atoms with Crippen molar-refractivity contribution < 1.29 is 0 Å². The molecule has 0 bridgehead atoms. The summed E-state index contributed by atoms with van der Waals surface area (Å²) in [5, 5.41) is 4.46. The molecule has 82 valence electrons. The molecule has 2 rings (SSSR count). The van der Waals surface area contributed by atoms with Gasteiger partial charge in [0, 0.05) is 17.6 Å². The van der Waals surface area contributed by atoms with Gasteiger partial charge in [0.05, 0.1) is 5.52 Å². The minimum atomic E-state index is 0.301. The summed E-state index contributed by atoms with van der Waals surface area (Å²) in [4.78, 5) is 4.46. The minimum absolute atomic E-state index is 0.301. The summed E-state index contributed by atoms with van der Waals surface area (Å²) in [7, 11) is 1.96. The Morgan fingerprint density at radius 2 is 2.25 bits per heavy atom. The van der Waals surface area contributed by atoms with E-state index in [2.05, 4.69) is 29.0 Å². The zero-order valence-electron chi connectivity index (χ0n) is 9.48. The van der Waals surface area contributed by atoms with Crippen LogP contribution in [0, 0.1) is 0 Å². The van der Waals surface area contributed by atoms with Gasteiger partial charge in [0.2, 0.25) is 0 Å². The predicted molar refractivity (Wildman–Crippen MR) is 68.4 cm³/mol. The monoisotopic (exact) mass is 212 g/mol. The van der Waals surface area contributed by atoms with Gasteiger partial charge < -0.3 is 5.32 Å². The van der Waals surface area contributed by atoms with Crippen LogP contribution in [0.25, 0.3) is 10.9 Å². The highest BCUT2D eigenvalue weighted by molar-refractivity contribution is 5.78. The number of pyridine rings is 1. The number of aromatic nitrogens is 1. The lowest BCUT2D eigenvalue weighted by atomic mass is 10.0. The first-order valence-corrected chi connectivity index (χ1v) is 5.48. The Balaban J connectivity index is 2.41. The molecule has 0 saturated carbocycles. The van der Waals surface area contributed by atoms with Gasteiger partial charge in [-0.15, -0.1) is 6.58 Å². The Hall–Kier alpha value is -1.67. The highest BCUT2D eigenvalue weighted by atomic mass is 14.9. The molecular formula is C14H16N2. The van der Waals surface area contributed by atoms with E-state index >= 15 is 0 Å². The van der Waals surface area contributed by atoms with Crippen LogP contribution >= 0.6 is 0 Å². The van der Waals surface area contributed by atoms with Crippen molar-refractivity contribution in [2.45, 2.75) is 12.5 Å². The molecule has 0 amide bonds. The largest absolute Gasteiger partial charge is 0.313 e. The van der Waals surface area contributed by atoms with Crippen molar-refractivity contribution in [1.82, 2.24) is 10.3 Å². The lowest BCUT2D eigenvalue weighted by Gasteiger charge is -2.14. The molecule has 2 aromatic rings. The number of para-hydroxylation sites is 1. The second-order valence-corrected chi connectivity index (χ2v) is 3.83. The third-order valence-corrected chi connectivity index (χ3v) is 2.76. The van der Waals surface area contributed by atoms with E-state index in [0.717, 1.165) is 11.9 Å². The van der Waals surface area contributed by atoms with Crippen LogP contribution in [0.5, 0.6) is 0 Å². The Morgan fingerprint density at radius 1 is 1.44 bits per heavy atom. The molecule has 0 fully saturated rings. The average Bonchev–Trinajstić information content (AvgIpc) is 2.35. The van der Waals surface area contributed by atoms with Gasteiger partial charge in [-0.25, -0.2) is 0 Å². The fraction of sp³-hybridized carbons (Fsp3) is 0.214. The highest BCUT2D eigenvalue weighted by Crippen LogP contribution is 2.20. The molecule has 0 aliphatic rings. The zero-order valence-corrected chi connectivity index (χ0v) is 9.48. The molecule has 0 saturated heterocycles. The molecule has 1 heterocycles. The van der Waals surface area contributed by atoms with E-state index in [1.807, 2.05) is 37.5 Å².